The normalized spacial score (nSPS) is 10.7. The first kappa shape index (κ1) is 11.8. The summed E-state index contributed by atoms with van der Waals surface area (Å²) in [5.74, 6) is 0. The highest BCUT2D eigenvalue weighted by molar-refractivity contribution is 5.69. The number of nitrogens with zero attached hydrogens (tertiary/aromatic N) is 2. The molecule has 0 atom stereocenters. The number of hydrogen-bond donors (Lipinski definition) is 0. The van der Waals surface area contributed by atoms with Crippen LogP contribution in [0.1, 0.15) is 11.1 Å². The van der Waals surface area contributed by atoms with Gasteiger partial charge in [-0.25, -0.2) is 0 Å². The quantitative estimate of drug-likeness (QED) is 0.359. The number of aromatic nitrogens is 1. The van der Waals surface area contributed by atoms with Crippen LogP contribution in [0, 0.1) is 15.3 Å². The van der Waals surface area contributed by atoms with Gasteiger partial charge in [0, 0.05) is 24.3 Å². The van der Waals surface area contributed by atoms with Crippen molar-refractivity contribution in [3.05, 3.63) is 75.2 Å². The van der Waals surface area contributed by atoms with Crippen LogP contribution in [0.15, 0.2) is 48.8 Å². The van der Waals surface area contributed by atoms with Gasteiger partial charge in [0.05, 0.1) is 4.92 Å². The van der Waals surface area contributed by atoms with Crippen molar-refractivity contribution in [2.24, 2.45) is 0 Å². The predicted molar refractivity (Wildman–Crippen MR) is 67.4 cm³/mol. The van der Waals surface area contributed by atoms with Crippen molar-refractivity contribution >= 4 is 17.8 Å². The number of benzene rings is 1. The van der Waals surface area contributed by atoms with E-state index in [0.717, 1.165) is 11.1 Å². The number of pyridine rings is 1. The van der Waals surface area contributed by atoms with E-state index in [9.17, 15) is 15.3 Å². The van der Waals surface area contributed by atoms with Crippen molar-refractivity contribution < 1.29 is 9.65 Å². The summed E-state index contributed by atoms with van der Waals surface area (Å²) in [6, 6.07) is 9.63. The smallest absolute Gasteiger partial charge is 0.269 e. The molecule has 0 unspecified atom stereocenters. The molecule has 2 rings (SSSR count). The molecule has 0 aliphatic heterocycles. The molecule has 5 nitrogen and oxygen atoms in total. The van der Waals surface area contributed by atoms with E-state index in [0.29, 0.717) is 4.73 Å². The minimum atomic E-state index is -0.433. The van der Waals surface area contributed by atoms with E-state index in [1.165, 1.54) is 24.5 Å². The van der Waals surface area contributed by atoms with Gasteiger partial charge in [-0.3, -0.25) is 10.1 Å². The Bertz CT molecular complexity index is 574. The van der Waals surface area contributed by atoms with Crippen LogP contribution in [-0.4, -0.2) is 4.92 Å². The first-order valence-electron chi connectivity index (χ1n) is 5.26. The van der Waals surface area contributed by atoms with Crippen LogP contribution in [0.3, 0.4) is 0 Å². The van der Waals surface area contributed by atoms with Crippen LogP contribution in [0.2, 0.25) is 0 Å². The average Bonchev–Trinajstić information content (AvgIpc) is 2.38. The fourth-order valence-electron chi connectivity index (χ4n) is 1.44. The topological polar surface area (TPSA) is 70.1 Å². The molecule has 0 fully saturated rings. The SMILES string of the molecule is O=[N+]([O-])c1ccc(C=Cc2cc[n+]([O-])cc2)cc1. The van der Waals surface area contributed by atoms with Crippen LogP contribution >= 0.6 is 0 Å². The van der Waals surface area contributed by atoms with Gasteiger partial charge in [0.15, 0.2) is 12.4 Å². The second kappa shape index (κ2) is 5.09. The van der Waals surface area contributed by atoms with Crippen molar-refractivity contribution in [3.8, 4) is 0 Å². The van der Waals surface area contributed by atoms with E-state index < -0.39 is 4.92 Å². The van der Waals surface area contributed by atoms with E-state index in [2.05, 4.69) is 0 Å². The zero-order valence-corrected chi connectivity index (χ0v) is 9.39. The Kier molecular flexibility index (Phi) is 3.33. The molecule has 0 spiro atoms. The molecular formula is C13H10N2O3. The van der Waals surface area contributed by atoms with E-state index in [1.54, 1.807) is 24.3 Å². The Labute approximate surface area is 103 Å². The van der Waals surface area contributed by atoms with Gasteiger partial charge >= 0.3 is 0 Å². The van der Waals surface area contributed by atoms with Gasteiger partial charge in [-0.1, -0.05) is 12.2 Å². The summed E-state index contributed by atoms with van der Waals surface area (Å²) in [4.78, 5) is 10.0. The maximum absolute atomic E-state index is 10.8. The molecular weight excluding hydrogens is 232 g/mol. The molecule has 0 saturated carbocycles. The van der Waals surface area contributed by atoms with Gasteiger partial charge in [-0.2, -0.15) is 4.73 Å². The number of nitro benzene ring substituents is 1. The average molecular weight is 242 g/mol. The maximum Gasteiger partial charge on any atom is 0.269 e. The summed E-state index contributed by atoms with van der Waals surface area (Å²) in [6.07, 6.45) is 6.49. The van der Waals surface area contributed by atoms with Gasteiger partial charge in [0.1, 0.15) is 0 Å². The molecule has 0 saturated heterocycles. The van der Waals surface area contributed by atoms with Gasteiger partial charge in [-0.15, -0.1) is 0 Å². The highest BCUT2D eigenvalue weighted by Crippen LogP contribution is 2.13. The number of nitro groups is 1. The van der Waals surface area contributed by atoms with Gasteiger partial charge < -0.3 is 5.21 Å². The second-order valence-electron chi connectivity index (χ2n) is 3.67. The van der Waals surface area contributed by atoms with Crippen molar-refractivity contribution in [1.82, 2.24) is 0 Å². The Morgan fingerprint density at radius 2 is 1.44 bits per heavy atom. The molecule has 1 aromatic heterocycles. The zero-order chi connectivity index (χ0) is 13.0. The summed E-state index contributed by atoms with van der Waals surface area (Å²) in [5, 5.41) is 21.3. The lowest BCUT2D eigenvalue weighted by molar-refractivity contribution is -0.605. The largest absolute Gasteiger partial charge is 0.619 e. The first-order chi connectivity index (χ1) is 8.65. The number of non-ortho nitro benzene ring substituents is 1. The van der Waals surface area contributed by atoms with Crippen LogP contribution in [0.25, 0.3) is 12.2 Å². The number of rotatable bonds is 3. The fraction of sp³-hybridized carbons (Fsp3) is 0. The van der Waals surface area contributed by atoms with Crippen LogP contribution < -0.4 is 4.73 Å². The summed E-state index contributed by atoms with van der Waals surface area (Å²) >= 11 is 0. The van der Waals surface area contributed by atoms with E-state index in [4.69, 9.17) is 0 Å². The molecule has 2 aromatic rings. The van der Waals surface area contributed by atoms with Gasteiger partial charge in [0.25, 0.3) is 5.69 Å². The molecule has 18 heavy (non-hydrogen) atoms. The van der Waals surface area contributed by atoms with Gasteiger partial charge in [0.2, 0.25) is 0 Å². The highest BCUT2D eigenvalue weighted by atomic mass is 16.6. The Balaban J connectivity index is 2.13. The molecule has 0 radical (unpaired) electrons. The van der Waals surface area contributed by atoms with E-state index in [-0.39, 0.29) is 5.69 Å². The summed E-state index contributed by atoms with van der Waals surface area (Å²) < 4.78 is 0.712. The highest BCUT2D eigenvalue weighted by Gasteiger charge is 2.02. The van der Waals surface area contributed by atoms with Crippen LogP contribution in [0.4, 0.5) is 5.69 Å². The summed E-state index contributed by atoms with van der Waals surface area (Å²) in [5.41, 5.74) is 1.82. The van der Waals surface area contributed by atoms with Crippen molar-refractivity contribution in [2.45, 2.75) is 0 Å². The molecule has 5 heteroatoms. The van der Waals surface area contributed by atoms with Crippen LogP contribution in [0.5, 0.6) is 0 Å². The minimum Gasteiger partial charge on any atom is -0.619 e. The first-order valence-corrected chi connectivity index (χ1v) is 5.26. The van der Waals surface area contributed by atoms with Crippen molar-refractivity contribution in [1.29, 1.82) is 0 Å². The fourth-order valence-corrected chi connectivity index (χ4v) is 1.44. The lowest BCUT2D eigenvalue weighted by atomic mass is 10.1. The predicted octanol–water partition coefficient (Wildman–Crippen LogP) is 2.40. The Morgan fingerprint density at radius 1 is 0.944 bits per heavy atom. The summed E-state index contributed by atoms with van der Waals surface area (Å²) in [6.45, 7) is 0. The Morgan fingerprint density at radius 3 is 1.94 bits per heavy atom. The third-order valence-electron chi connectivity index (χ3n) is 2.40. The zero-order valence-electron chi connectivity index (χ0n) is 9.39. The molecule has 0 amide bonds. The number of hydrogen-bond acceptors (Lipinski definition) is 3. The van der Waals surface area contributed by atoms with Gasteiger partial charge in [-0.05, 0) is 23.3 Å². The molecule has 0 N–H and O–H groups in total. The monoisotopic (exact) mass is 242 g/mol. The molecule has 0 bridgehead atoms. The second-order valence-corrected chi connectivity index (χ2v) is 3.67. The van der Waals surface area contributed by atoms with Crippen LogP contribution in [-0.2, 0) is 0 Å². The lowest BCUT2D eigenvalue weighted by Crippen LogP contribution is -2.23. The lowest BCUT2D eigenvalue weighted by Gasteiger charge is -1.96. The van der Waals surface area contributed by atoms with E-state index >= 15 is 0 Å². The third-order valence-corrected chi connectivity index (χ3v) is 2.40. The van der Waals surface area contributed by atoms with Crippen molar-refractivity contribution in [3.63, 3.8) is 0 Å². The molecule has 0 aliphatic rings. The Hall–Kier alpha value is -2.69. The molecule has 0 aliphatic carbocycles. The molecule has 1 heterocycles. The standard InChI is InChI=1S/C13H10N2O3/c16-14-9-7-12(8-10-14)2-1-11-3-5-13(6-4-11)15(17)18/h1-10H. The van der Waals surface area contributed by atoms with E-state index in [1.807, 2.05) is 12.2 Å². The minimum absolute atomic E-state index is 0.0688. The third kappa shape index (κ3) is 2.91. The maximum atomic E-state index is 10.8. The van der Waals surface area contributed by atoms with Crippen molar-refractivity contribution in [2.75, 3.05) is 0 Å². The molecule has 1 aromatic carbocycles. The summed E-state index contributed by atoms with van der Waals surface area (Å²) in [7, 11) is 0. The molecule has 90 valence electrons.